The van der Waals surface area contributed by atoms with E-state index < -0.39 is 12.0 Å². The van der Waals surface area contributed by atoms with Crippen LogP contribution in [0.2, 0.25) is 0 Å². The highest BCUT2D eigenvalue weighted by Crippen LogP contribution is 2.30. The maximum absolute atomic E-state index is 12.2. The van der Waals surface area contributed by atoms with E-state index in [0.717, 1.165) is 42.6 Å². The molecule has 1 heterocycles. The Balaban J connectivity index is 1.86. The Morgan fingerprint density at radius 3 is 2.46 bits per heavy atom. The van der Waals surface area contributed by atoms with E-state index in [9.17, 15) is 14.7 Å². The summed E-state index contributed by atoms with van der Waals surface area (Å²) in [7, 11) is 1.64. The average Bonchev–Trinajstić information content (AvgIpc) is 2.99. The molecule has 1 saturated heterocycles. The largest absolute Gasteiger partial charge is 0.480 e. The van der Waals surface area contributed by atoms with Crippen molar-refractivity contribution in [3.8, 4) is 0 Å². The van der Waals surface area contributed by atoms with Crippen LogP contribution in [0.1, 0.15) is 60.0 Å². The number of nitrogens with one attached hydrogen (secondary N) is 1. The molecule has 0 bridgehead atoms. The van der Waals surface area contributed by atoms with Gasteiger partial charge in [0.1, 0.15) is 6.04 Å². The van der Waals surface area contributed by atoms with Crippen molar-refractivity contribution in [2.45, 2.75) is 44.6 Å². The minimum Gasteiger partial charge on any atom is -0.480 e. The van der Waals surface area contributed by atoms with Gasteiger partial charge in [-0.3, -0.25) is 4.79 Å². The summed E-state index contributed by atoms with van der Waals surface area (Å²) in [6.45, 7) is 2.86. The summed E-state index contributed by atoms with van der Waals surface area (Å²) in [6, 6.07) is 15.3. The number of carbonyl (C=O) groups is 2. The molecule has 2 N–H and O–H groups in total. The van der Waals surface area contributed by atoms with Gasteiger partial charge in [-0.25, -0.2) is 4.79 Å². The Morgan fingerprint density at radius 2 is 1.79 bits per heavy atom. The molecule has 3 rings (SSSR count). The number of nitrogens with zero attached hydrogens (tertiary/aromatic N) is 1. The van der Waals surface area contributed by atoms with Crippen LogP contribution < -0.4 is 10.2 Å². The molecule has 0 saturated carbocycles. The van der Waals surface area contributed by atoms with Gasteiger partial charge in [-0.2, -0.15) is 0 Å². The summed E-state index contributed by atoms with van der Waals surface area (Å²) in [5, 5.41) is 12.3. The normalized spacial score (nSPS) is 18.2. The fourth-order valence-electron chi connectivity index (χ4n) is 4.02. The number of benzene rings is 2. The number of amides is 1. The standard InChI is InChI=1S/C23H28N2O3/c1-16(19-8-5-6-9-20(19)22(26)24-2)17-11-13-18(14-12-17)25-15-7-3-4-10-21(25)23(27)28/h5-6,8-9,11-14,16,21H,3-4,7,10,15H2,1-2H3,(H,24,26)(H,27,28). The smallest absolute Gasteiger partial charge is 0.326 e. The van der Waals surface area contributed by atoms with Gasteiger partial charge in [-0.1, -0.05) is 50.1 Å². The number of carboxylic acid groups (broad SMARTS) is 1. The highest BCUT2D eigenvalue weighted by atomic mass is 16.4. The Kier molecular flexibility index (Phi) is 6.34. The van der Waals surface area contributed by atoms with Crippen molar-refractivity contribution >= 4 is 17.6 Å². The molecular formula is C23H28N2O3. The molecule has 148 valence electrons. The molecule has 2 unspecified atom stereocenters. The lowest BCUT2D eigenvalue weighted by atomic mass is 9.89. The van der Waals surface area contributed by atoms with Gasteiger partial charge in [0.25, 0.3) is 5.91 Å². The first-order valence-corrected chi connectivity index (χ1v) is 9.93. The van der Waals surface area contributed by atoms with Crippen LogP contribution in [0, 0.1) is 0 Å². The molecule has 1 aliphatic rings. The maximum Gasteiger partial charge on any atom is 0.326 e. The highest BCUT2D eigenvalue weighted by molar-refractivity contribution is 5.95. The van der Waals surface area contributed by atoms with Gasteiger partial charge >= 0.3 is 5.97 Å². The zero-order valence-electron chi connectivity index (χ0n) is 16.5. The van der Waals surface area contributed by atoms with Gasteiger partial charge in [0.05, 0.1) is 0 Å². The summed E-state index contributed by atoms with van der Waals surface area (Å²) in [4.78, 5) is 25.9. The van der Waals surface area contributed by atoms with Gasteiger partial charge in [-0.15, -0.1) is 0 Å². The molecule has 2 aromatic rings. The Bertz CT molecular complexity index is 832. The molecule has 5 heteroatoms. The minimum atomic E-state index is -0.751. The van der Waals surface area contributed by atoms with E-state index in [1.165, 1.54) is 0 Å². The second-order valence-corrected chi connectivity index (χ2v) is 7.38. The quantitative estimate of drug-likeness (QED) is 0.822. The Hall–Kier alpha value is -2.82. The van der Waals surface area contributed by atoms with Gasteiger partial charge in [-0.05, 0) is 42.2 Å². The van der Waals surface area contributed by atoms with Crippen LogP contribution in [0.3, 0.4) is 0 Å². The number of aliphatic carboxylic acids is 1. The third kappa shape index (κ3) is 4.19. The van der Waals surface area contributed by atoms with Crippen LogP contribution in [0.25, 0.3) is 0 Å². The molecule has 2 atom stereocenters. The fraction of sp³-hybridized carbons (Fsp3) is 0.391. The van der Waals surface area contributed by atoms with Gasteiger partial charge < -0.3 is 15.3 Å². The molecule has 1 amide bonds. The highest BCUT2D eigenvalue weighted by Gasteiger charge is 2.27. The molecule has 1 aliphatic heterocycles. The fourth-order valence-corrected chi connectivity index (χ4v) is 4.02. The summed E-state index contributed by atoms with van der Waals surface area (Å²) >= 11 is 0. The third-order valence-corrected chi connectivity index (χ3v) is 5.66. The lowest BCUT2D eigenvalue weighted by Gasteiger charge is -2.29. The van der Waals surface area contributed by atoms with Crippen molar-refractivity contribution in [3.63, 3.8) is 0 Å². The van der Waals surface area contributed by atoms with E-state index in [-0.39, 0.29) is 11.8 Å². The van der Waals surface area contributed by atoms with E-state index >= 15 is 0 Å². The summed E-state index contributed by atoms with van der Waals surface area (Å²) < 4.78 is 0. The second-order valence-electron chi connectivity index (χ2n) is 7.38. The second kappa shape index (κ2) is 8.91. The predicted octanol–water partition coefficient (Wildman–Crippen LogP) is 4.03. The predicted molar refractivity (Wildman–Crippen MR) is 111 cm³/mol. The molecule has 0 radical (unpaired) electrons. The van der Waals surface area contributed by atoms with E-state index in [1.807, 2.05) is 53.4 Å². The molecule has 1 fully saturated rings. The molecule has 0 aliphatic carbocycles. The number of carbonyl (C=O) groups excluding carboxylic acids is 1. The first-order valence-electron chi connectivity index (χ1n) is 9.93. The van der Waals surface area contributed by atoms with Crippen LogP contribution in [-0.2, 0) is 4.79 Å². The van der Waals surface area contributed by atoms with Gasteiger partial charge in [0, 0.05) is 30.8 Å². The lowest BCUT2D eigenvalue weighted by molar-refractivity contribution is -0.138. The molecule has 2 aromatic carbocycles. The van der Waals surface area contributed by atoms with Crippen LogP contribution >= 0.6 is 0 Å². The van der Waals surface area contributed by atoms with Crippen molar-refractivity contribution in [3.05, 3.63) is 65.2 Å². The van der Waals surface area contributed by atoms with Crippen molar-refractivity contribution in [1.29, 1.82) is 0 Å². The number of hydrogen-bond acceptors (Lipinski definition) is 3. The van der Waals surface area contributed by atoms with Gasteiger partial charge in [0.15, 0.2) is 0 Å². The maximum atomic E-state index is 12.2. The van der Waals surface area contributed by atoms with Crippen LogP contribution in [-0.4, -0.2) is 36.6 Å². The van der Waals surface area contributed by atoms with E-state index in [4.69, 9.17) is 0 Å². The zero-order valence-corrected chi connectivity index (χ0v) is 16.5. The number of carboxylic acids is 1. The monoisotopic (exact) mass is 380 g/mol. The molecular weight excluding hydrogens is 352 g/mol. The van der Waals surface area contributed by atoms with Crippen molar-refractivity contribution in [2.24, 2.45) is 0 Å². The molecule has 0 aromatic heterocycles. The van der Waals surface area contributed by atoms with E-state index in [0.29, 0.717) is 12.0 Å². The summed E-state index contributed by atoms with van der Waals surface area (Å²) in [5.41, 5.74) is 3.71. The van der Waals surface area contributed by atoms with Crippen LogP contribution in [0.15, 0.2) is 48.5 Å². The number of hydrogen-bond donors (Lipinski definition) is 2. The molecule has 0 spiro atoms. The Labute approximate surface area is 166 Å². The summed E-state index contributed by atoms with van der Waals surface area (Å²) in [5.74, 6) is -0.784. The van der Waals surface area contributed by atoms with E-state index in [2.05, 4.69) is 12.2 Å². The number of rotatable bonds is 5. The molecule has 28 heavy (non-hydrogen) atoms. The van der Waals surface area contributed by atoms with Gasteiger partial charge in [0.2, 0.25) is 0 Å². The summed E-state index contributed by atoms with van der Waals surface area (Å²) in [6.07, 6.45) is 3.74. The number of anilines is 1. The first-order chi connectivity index (χ1) is 13.5. The van der Waals surface area contributed by atoms with Crippen molar-refractivity contribution < 1.29 is 14.7 Å². The van der Waals surface area contributed by atoms with Crippen LogP contribution in [0.4, 0.5) is 5.69 Å². The Morgan fingerprint density at radius 1 is 1.07 bits per heavy atom. The molecule has 5 nitrogen and oxygen atoms in total. The minimum absolute atomic E-state index is 0.0574. The SMILES string of the molecule is CNC(=O)c1ccccc1C(C)c1ccc(N2CCCCCC2C(=O)O)cc1. The van der Waals surface area contributed by atoms with E-state index in [1.54, 1.807) is 7.05 Å². The topological polar surface area (TPSA) is 69.6 Å². The first kappa shape index (κ1) is 19.9. The van der Waals surface area contributed by atoms with Crippen molar-refractivity contribution in [2.75, 3.05) is 18.5 Å². The average molecular weight is 380 g/mol. The van der Waals surface area contributed by atoms with Crippen LogP contribution in [0.5, 0.6) is 0 Å². The van der Waals surface area contributed by atoms with Crippen molar-refractivity contribution in [1.82, 2.24) is 5.32 Å². The zero-order chi connectivity index (χ0) is 20.1. The third-order valence-electron chi connectivity index (χ3n) is 5.66. The lowest BCUT2D eigenvalue weighted by Crippen LogP contribution is -2.40.